The quantitative estimate of drug-likeness (QED) is 0.653. The molecule has 0 saturated heterocycles. The van der Waals surface area contributed by atoms with Crippen molar-refractivity contribution < 1.29 is 4.79 Å². The highest BCUT2D eigenvalue weighted by molar-refractivity contribution is 9.10. The van der Waals surface area contributed by atoms with Gasteiger partial charge in [-0.2, -0.15) is 0 Å². The van der Waals surface area contributed by atoms with Gasteiger partial charge in [0, 0.05) is 16.1 Å². The van der Waals surface area contributed by atoms with Crippen LogP contribution in [0.1, 0.15) is 12.5 Å². The molecule has 3 heteroatoms. The molecule has 0 saturated carbocycles. The molecule has 70 valence electrons. The first-order valence-corrected chi connectivity index (χ1v) is 4.92. The van der Waals surface area contributed by atoms with E-state index in [9.17, 15) is 4.79 Å². The van der Waals surface area contributed by atoms with Gasteiger partial charge in [-0.15, -0.1) is 0 Å². The summed E-state index contributed by atoms with van der Waals surface area (Å²) in [7, 11) is 0. The van der Waals surface area contributed by atoms with Gasteiger partial charge in [0.25, 0.3) is 0 Å². The highest BCUT2D eigenvalue weighted by atomic mass is 79.9. The van der Waals surface area contributed by atoms with Gasteiger partial charge in [0.15, 0.2) is 0 Å². The molecule has 2 nitrogen and oxygen atoms in total. The maximum Gasteiger partial charge on any atom is 0.123 e. The van der Waals surface area contributed by atoms with Crippen molar-refractivity contribution in [3.63, 3.8) is 0 Å². The first kappa shape index (κ1) is 10.3. The second-order valence-corrected chi connectivity index (χ2v) is 4.08. The molecule has 1 unspecified atom stereocenters. The zero-order valence-electron chi connectivity index (χ0n) is 7.46. The average Bonchev–Trinajstić information content (AvgIpc) is 2.09. The van der Waals surface area contributed by atoms with Crippen LogP contribution in [0.25, 0.3) is 0 Å². The van der Waals surface area contributed by atoms with Crippen LogP contribution < -0.4 is 5.73 Å². The number of anilines is 1. The lowest BCUT2D eigenvalue weighted by molar-refractivity contribution is -0.110. The number of carbonyl (C=O) groups excluding carboxylic acids is 1. The molecule has 0 amide bonds. The molecule has 13 heavy (non-hydrogen) atoms. The number of hydrogen-bond acceptors (Lipinski definition) is 2. The first-order chi connectivity index (χ1) is 6.13. The number of rotatable bonds is 3. The van der Waals surface area contributed by atoms with E-state index >= 15 is 0 Å². The van der Waals surface area contributed by atoms with Crippen molar-refractivity contribution in [2.75, 3.05) is 5.73 Å². The van der Waals surface area contributed by atoms with Gasteiger partial charge in [0.2, 0.25) is 0 Å². The lowest BCUT2D eigenvalue weighted by atomic mass is 10.0. The first-order valence-electron chi connectivity index (χ1n) is 4.12. The molecule has 0 bridgehead atoms. The van der Waals surface area contributed by atoms with Gasteiger partial charge in [-0.25, -0.2) is 0 Å². The van der Waals surface area contributed by atoms with Crippen molar-refractivity contribution in [2.24, 2.45) is 5.92 Å². The number of carbonyl (C=O) groups is 1. The predicted octanol–water partition coefficient (Wildman–Crippen LogP) is 2.41. The summed E-state index contributed by atoms with van der Waals surface area (Å²) in [6, 6.07) is 5.73. The number of nitrogens with two attached hydrogens (primary N) is 1. The molecule has 1 aromatic carbocycles. The molecular weight excluding hydrogens is 230 g/mol. The van der Waals surface area contributed by atoms with Crippen LogP contribution in [0.5, 0.6) is 0 Å². The predicted molar refractivity (Wildman–Crippen MR) is 57.5 cm³/mol. The van der Waals surface area contributed by atoms with Gasteiger partial charge >= 0.3 is 0 Å². The normalized spacial score (nSPS) is 12.5. The van der Waals surface area contributed by atoms with Gasteiger partial charge in [-0.1, -0.05) is 28.9 Å². The molecule has 0 aliphatic heterocycles. The van der Waals surface area contributed by atoms with Crippen molar-refractivity contribution in [1.82, 2.24) is 0 Å². The third-order valence-electron chi connectivity index (χ3n) is 1.88. The van der Waals surface area contributed by atoms with Gasteiger partial charge in [-0.05, 0) is 24.1 Å². The number of halogens is 1. The van der Waals surface area contributed by atoms with E-state index < -0.39 is 0 Å². The summed E-state index contributed by atoms with van der Waals surface area (Å²) >= 11 is 3.33. The molecular formula is C10H12BrNO. The van der Waals surface area contributed by atoms with Crippen LogP contribution in [0.2, 0.25) is 0 Å². The maximum atomic E-state index is 10.4. The molecule has 1 rings (SSSR count). The van der Waals surface area contributed by atoms with E-state index in [0.717, 1.165) is 22.0 Å². The molecule has 0 spiro atoms. The van der Waals surface area contributed by atoms with Gasteiger partial charge in [-0.3, -0.25) is 0 Å². The van der Waals surface area contributed by atoms with Crippen molar-refractivity contribution in [3.8, 4) is 0 Å². The van der Waals surface area contributed by atoms with E-state index in [0.29, 0.717) is 6.42 Å². The monoisotopic (exact) mass is 241 g/mol. The Kier molecular flexibility index (Phi) is 3.48. The summed E-state index contributed by atoms with van der Waals surface area (Å²) in [5.74, 6) is 0.0310. The summed E-state index contributed by atoms with van der Waals surface area (Å²) in [4.78, 5) is 10.4. The lowest BCUT2D eigenvalue weighted by Crippen LogP contribution is -2.03. The molecule has 1 aromatic rings. The number of aldehydes is 1. The zero-order chi connectivity index (χ0) is 9.84. The molecule has 0 fully saturated rings. The van der Waals surface area contributed by atoms with Crippen molar-refractivity contribution >= 4 is 27.9 Å². The van der Waals surface area contributed by atoms with Gasteiger partial charge in [0.05, 0.1) is 0 Å². The van der Waals surface area contributed by atoms with E-state index in [1.807, 2.05) is 25.1 Å². The van der Waals surface area contributed by atoms with Crippen molar-refractivity contribution in [2.45, 2.75) is 13.3 Å². The third-order valence-corrected chi connectivity index (χ3v) is 2.38. The lowest BCUT2D eigenvalue weighted by Gasteiger charge is -2.07. The largest absolute Gasteiger partial charge is 0.398 e. The van der Waals surface area contributed by atoms with E-state index in [2.05, 4.69) is 15.9 Å². The van der Waals surface area contributed by atoms with Crippen LogP contribution >= 0.6 is 15.9 Å². The second-order valence-electron chi connectivity index (χ2n) is 3.16. The Morgan fingerprint density at radius 3 is 2.85 bits per heavy atom. The highest BCUT2D eigenvalue weighted by Gasteiger charge is 2.04. The average molecular weight is 242 g/mol. The second kappa shape index (κ2) is 4.42. The fraction of sp³-hybridized carbons (Fsp3) is 0.300. The summed E-state index contributed by atoms with van der Waals surface area (Å²) in [6.45, 7) is 1.88. The van der Waals surface area contributed by atoms with Crippen molar-refractivity contribution in [1.29, 1.82) is 0 Å². The SMILES string of the molecule is CC(C=O)Cc1ccc(Br)cc1N. The number of hydrogen-bond donors (Lipinski definition) is 1. The third kappa shape index (κ3) is 2.84. The van der Waals surface area contributed by atoms with Crippen LogP contribution in [0, 0.1) is 5.92 Å². The fourth-order valence-corrected chi connectivity index (χ4v) is 1.53. The smallest absolute Gasteiger partial charge is 0.123 e. The van der Waals surface area contributed by atoms with Crippen LogP contribution in [0.3, 0.4) is 0 Å². The molecule has 1 atom stereocenters. The molecule has 0 aliphatic carbocycles. The fourth-order valence-electron chi connectivity index (χ4n) is 1.15. The molecule has 2 N–H and O–H groups in total. The van der Waals surface area contributed by atoms with Crippen molar-refractivity contribution in [3.05, 3.63) is 28.2 Å². The highest BCUT2D eigenvalue weighted by Crippen LogP contribution is 2.20. The van der Waals surface area contributed by atoms with Crippen LogP contribution in [0.4, 0.5) is 5.69 Å². The Morgan fingerprint density at radius 2 is 2.31 bits per heavy atom. The minimum atomic E-state index is 0.0310. The van der Waals surface area contributed by atoms with Crippen LogP contribution in [-0.4, -0.2) is 6.29 Å². The molecule has 0 heterocycles. The minimum Gasteiger partial charge on any atom is -0.398 e. The van der Waals surface area contributed by atoms with Gasteiger partial charge in [0.1, 0.15) is 6.29 Å². The van der Waals surface area contributed by atoms with Crippen LogP contribution in [0.15, 0.2) is 22.7 Å². The number of benzene rings is 1. The van der Waals surface area contributed by atoms with E-state index in [1.165, 1.54) is 0 Å². The Morgan fingerprint density at radius 1 is 1.62 bits per heavy atom. The Balaban J connectivity index is 2.83. The van der Waals surface area contributed by atoms with E-state index in [4.69, 9.17) is 5.73 Å². The van der Waals surface area contributed by atoms with E-state index in [-0.39, 0.29) is 5.92 Å². The number of nitrogen functional groups attached to an aromatic ring is 1. The maximum absolute atomic E-state index is 10.4. The molecule has 0 radical (unpaired) electrons. The summed E-state index contributed by atoms with van der Waals surface area (Å²) in [5, 5.41) is 0. The summed E-state index contributed by atoms with van der Waals surface area (Å²) in [6.07, 6.45) is 1.66. The van der Waals surface area contributed by atoms with Gasteiger partial charge < -0.3 is 10.5 Å². The Bertz CT molecular complexity index is 312. The summed E-state index contributed by atoms with van der Waals surface area (Å²) in [5.41, 5.74) is 7.55. The molecule has 0 aliphatic rings. The summed E-state index contributed by atoms with van der Waals surface area (Å²) < 4.78 is 0.965. The Hall–Kier alpha value is -0.830. The topological polar surface area (TPSA) is 43.1 Å². The standard InChI is InChI=1S/C10H12BrNO/c1-7(6-13)4-8-2-3-9(11)5-10(8)12/h2-3,5-7H,4,12H2,1H3. The van der Waals surface area contributed by atoms with Crippen LogP contribution in [-0.2, 0) is 11.2 Å². The minimum absolute atomic E-state index is 0.0310. The Labute approximate surface area is 86.3 Å². The molecule has 0 aromatic heterocycles. The zero-order valence-corrected chi connectivity index (χ0v) is 9.04. The van der Waals surface area contributed by atoms with E-state index in [1.54, 1.807) is 0 Å².